The molecule has 0 atom stereocenters. The van der Waals surface area contributed by atoms with Gasteiger partial charge in [-0.05, 0) is 34.2 Å². The van der Waals surface area contributed by atoms with Gasteiger partial charge in [0.25, 0.3) is 0 Å². The minimum absolute atomic E-state index is 0.468. The Morgan fingerprint density at radius 1 is 1.62 bits per heavy atom. The molecule has 1 saturated carbocycles. The molecular formula is C9H14BrN3. The van der Waals surface area contributed by atoms with Gasteiger partial charge in [0.15, 0.2) is 0 Å². The highest BCUT2D eigenvalue weighted by molar-refractivity contribution is 9.10. The standard InChI is InChI=1S/C9H14BrN3/c1-9(2)3-6(4-9)13-8(11)7(10)5-12-13/h5-6H,3-4,11H2,1-2H3. The van der Waals surface area contributed by atoms with E-state index in [4.69, 9.17) is 5.73 Å². The Morgan fingerprint density at radius 2 is 2.23 bits per heavy atom. The first-order valence-electron chi connectivity index (χ1n) is 4.48. The van der Waals surface area contributed by atoms with Crippen molar-refractivity contribution in [3.63, 3.8) is 0 Å². The summed E-state index contributed by atoms with van der Waals surface area (Å²) in [6.07, 6.45) is 4.11. The maximum Gasteiger partial charge on any atom is 0.136 e. The smallest absolute Gasteiger partial charge is 0.136 e. The molecule has 1 heterocycles. The van der Waals surface area contributed by atoms with Crippen LogP contribution in [0.4, 0.5) is 5.82 Å². The highest BCUT2D eigenvalue weighted by Gasteiger charge is 2.38. The third-order valence-electron chi connectivity index (χ3n) is 2.71. The van der Waals surface area contributed by atoms with Crippen LogP contribution in [0.1, 0.15) is 32.7 Å². The summed E-state index contributed by atoms with van der Waals surface area (Å²) in [5.74, 6) is 0.750. The Morgan fingerprint density at radius 3 is 2.62 bits per heavy atom. The number of nitrogen functional groups attached to an aromatic ring is 1. The molecule has 1 aromatic rings. The molecule has 1 aliphatic carbocycles. The normalized spacial score (nSPS) is 21.5. The Balaban J connectivity index is 2.16. The second-order valence-corrected chi connectivity index (χ2v) is 5.40. The van der Waals surface area contributed by atoms with E-state index in [9.17, 15) is 0 Å². The molecule has 2 N–H and O–H groups in total. The van der Waals surface area contributed by atoms with Gasteiger partial charge in [0.1, 0.15) is 5.82 Å². The lowest BCUT2D eigenvalue weighted by molar-refractivity contribution is 0.0965. The van der Waals surface area contributed by atoms with Crippen molar-refractivity contribution >= 4 is 21.7 Å². The first kappa shape index (κ1) is 9.06. The number of rotatable bonds is 1. The third kappa shape index (κ3) is 1.47. The molecule has 0 spiro atoms. The second-order valence-electron chi connectivity index (χ2n) is 4.55. The number of nitrogens with zero attached hydrogens (tertiary/aromatic N) is 2. The van der Waals surface area contributed by atoms with Crippen LogP contribution in [0.2, 0.25) is 0 Å². The maximum atomic E-state index is 5.86. The highest BCUT2D eigenvalue weighted by atomic mass is 79.9. The van der Waals surface area contributed by atoms with E-state index in [1.807, 2.05) is 4.68 Å². The fourth-order valence-corrected chi connectivity index (χ4v) is 2.30. The van der Waals surface area contributed by atoms with Crippen molar-refractivity contribution in [3.05, 3.63) is 10.7 Å². The molecule has 3 nitrogen and oxygen atoms in total. The van der Waals surface area contributed by atoms with Gasteiger partial charge in [0.2, 0.25) is 0 Å². The van der Waals surface area contributed by atoms with Crippen LogP contribution in [0.5, 0.6) is 0 Å². The Hall–Kier alpha value is -0.510. The van der Waals surface area contributed by atoms with Gasteiger partial charge in [0.05, 0.1) is 16.7 Å². The van der Waals surface area contributed by atoms with E-state index in [-0.39, 0.29) is 0 Å². The van der Waals surface area contributed by atoms with E-state index < -0.39 is 0 Å². The van der Waals surface area contributed by atoms with Crippen LogP contribution < -0.4 is 5.73 Å². The average molecular weight is 244 g/mol. The summed E-state index contributed by atoms with van der Waals surface area (Å²) in [4.78, 5) is 0. The number of hydrogen-bond donors (Lipinski definition) is 1. The molecule has 0 saturated heterocycles. The van der Waals surface area contributed by atoms with Crippen LogP contribution in [0.25, 0.3) is 0 Å². The molecule has 2 rings (SSSR count). The average Bonchev–Trinajstić information content (AvgIpc) is 2.28. The minimum Gasteiger partial charge on any atom is -0.383 e. The number of halogens is 1. The first-order chi connectivity index (χ1) is 5.99. The molecule has 0 aromatic carbocycles. The molecule has 1 aliphatic rings. The minimum atomic E-state index is 0.468. The fraction of sp³-hybridized carbons (Fsp3) is 0.667. The first-order valence-corrected chi connectivity index (χ1v) is 5.27. The zero-order valence-corrected chi connectivity index (χ0v) is 9.50. The molecule has 13 heavy (non-hydrogen) atoms. The van der Waals surface area contributed by atoms with Gasteiger partial charge in [-0.2, -0.15) is 5.10 Å². The summed E-state index contributed by atoms with van der Waals surface area (Å²) in [7, 11) is 0. The zero-order chi connectivity index (χ0) is 9.64. The Labute approximate surface area is 86.4 Å². The van der Waals surface area contributed by atoms with E-state index >= 15 is 0 Å². The second kappa shape index (κ2) is 2.74. The van der Waals surface area contributed by atoms with Crippen molar-refractivity contribution in [2.45, 2.75) is 32.7 Å². The lowest BCUT2D eigenvalue weighted by atomic mass is 9.68. The highest BCUT2D eigenvalue weighted by Crippen LogP contribution is 2.48. The molecule has 0 amide bonds. The van der Waals surface area contributed by atoms with Gasteiger partial charge >= 0.3 is 0 Å². The van der Waals surface area contributed by atoms with Gasteiger partial charge in [-0.15, -0.1) is 0 Å². The quantitative estimate of drug-likeness (QED) is 0.825. The molecule has 4 heteroatoms. The van der Waals surface area contributed by atoms with Gasteiger partial charge in [-0.1, -0.05) is 13.8 Å². The largest absolute Gasteiger partial charge is 0.383 e. The molecule has 0 unspecified atom stereocenters. The van der Waals surface area contributed by atoms with E-state index in [0.29, 0.717) is 11.5 Å². The van der Waals surface area contributed by atoms with Gasteiger partial charge in [-0.3, -0.25) is 0 Å². The monoisotopic (exact) mass is 243 g/mol. The Bertz CT molecular complexity index is 322. The summed E-state index contributed by atoms with van der Waals surface area (Å²) >= 11 is 3.36. The summed E-state index contributed by atoms with van der Waals surface area (Å²) < 4.78 is 2.83. The molecule has 1 aromatic heterocycles. The van der Waals surface area contributed by atoms with Crippen molar-refractivity contribution in [2.24, 2.45) is 5.41 Å². The van der Waals surface area contributed by atoms with E-state index in [0.717, 1.165) is 10.3 Å². The van der Waals surface area contributed by atoms with Crippen molar-refractivity contribution in [3.8, 4) is 0 Å². The SMILES string of the molecule is CC1(C)CC(n2ncc(Br)c2N)C1. The summed E-state index contributed by atoms with van der Waals surface area (Å²) in [6, 6.07) is 0.501. The lowest BCUT2D eigenvalue weighted by Crippen LogP contribution is -2.34. The Kier molecular flexibility index (Phi) is 1.91. The molecule has 72 valence electrons. The summed E-state index contributed by atoms with van der Waals surface area (Å²) in [6.45, 7) is 4.55. The van der Waals surface area contributed by atoms with Gasteiger partial charge < -0.3 is 5.73 Å². The van der Waals surface area contributed by atoms with E-state index in [2.05, 4.69) is 34.9 Å². The van der Waals surface area contributed by atoms with E-state index in [1.165, 1.54) is 12.8 Å². The van der Waals surface area contributed by atoms with Crippen LogP contribution in [0.15, 0.2) is 10.7 Å². The van der Waals surface area contributed by atoms with Gasteiger partial charge in [-0.25, -0.2) is 4.68 Å². The molecule has 0 radical (unpaired) electrons. The lowest BCUT2D eigenvalue weighted by Gasteiger charge is -2.42. The fourth-order valence-electron chi connectivity index (χ4n) is 2.03. The number of hydrogen-bond acceptors (Lipinski definition) is 2. The van der Waals surface area contributed by atoms with Crippen LogP contribution >= 0.6 is 15.9 Å². The number of aromatic nitrogens is 2. The van der Waals surface area contributed by atoms with Crippen molar-refractivity contribution in [1.82, 2.24) is 9.78 Å². The molecular weight excluding hydrogens is 230 g/mol. The molecule has 0 bridgehead atoms. The van der Waals surface area contributed by atoms with Crippen LogP contribution in [-0.4, -0.2) is 9.78 Å². The summed E-state index contributed by atoms with van der Waals surface area (Å²) in [5, 5.41) is 4.25. The maximum absolute atomic E-state index is 5.86. The van der Waals surface area contributed by atoms with Crippen LogP contribution in [0.3, 0.4) is 0 Å². The van der Waals surface area contributed by atoms with Crippen LogP contribution in [-0.2, 0) is 0 Å². The van der Waals surface area contributed by atoms with Crippen molar-refractivity contribution in [1.29, 1.82) is 0 Å². The predicted molar refractivity (Wildman–Crippen MR) is 56.4 cm³/mol. The van der Waals surface area contributed by atoms with Gasteiger partial charge in [0, 0.05) is 0 Å². The summed E-state index contributed by atoms with van der Waals surface area (Å²) in [5.41, 5.74) is 6.32. The predicted octanol–water partition coefficient (Wildman–Crippen LogP) is 2.59. The zero-order valence-electron chi connectivity index (χ0n) is 7.92. The van der Waals surface area contributed by atoms with E-state index in [1.54, 1.807) is 6.20 Å². The van der Waals surface area contributed by atoms with Crippen molar-refractivity contribution < 1.29 is 0 Å². The molecule has 1 fully saturated rings. The topological polar surface area (TPSA) is 43.8 Å². The third-order valence-corrected chi connectivity index (χ3v) is 3.32. The molecule has 0 aliphatic heterocycles. The number of nitrogens with two attached hydrogens (primary N) is 1. The van der Waals surface area contributed by atoms with Crippen LogP contribution in [0, 0.1) is 5.41 Å². The van der Waals surface area contributed by atoms with Crippen molar-refractivity contribution in [2.75, 3.05) is 5.73 Å². The number of anilines is 1.